The normalized spacial score (nSPS) is 17.5. The predicted octanol–water partition coefficient (Wildman–Crippen LogP) is 3.78. The van der Waals surface area contributed by atoms with Gasteiger partial charge < -0.3 is 15.0 Å². The number of rotatable bonds is 4. The number of hydrogen-bond acceptors (Lipinski definition) is 4. The van der Waals surface area contributed by atoms with Gasteiger partial charge in [-0.3, -0.25) is 4.79 Å². The number of piperidine rings is 1. The van der Waals surface area contributed by atoms with Crippen molar-refractivity contribution in [2.75, 3.05) is 18.8 Å². The fourth-order valence-corrected chi connectivity index (χ4v) is 4.36. The smallest absolute Gasteiger partial charge is 0.410 e. The van der Waals surface area contributed by atoms with Crippen molar-refractivity contribution in [2.45, 2.75) is 69.4 Å². The molecule has 6 heteroatoms. The maximum absolute atomic E-state index is 12.3. The molecule has 0 saturated carbocycles. The average Bonchev–Trinajstić information content (AvgIpc) is 3.07. The molecule has 1 heterocycles. The standard InChI is InChI=1S/C21H30N2O3S/c1-21(2,3)26-20(25)23-11-9-17(10-12-23)22-19(24)14-27-18-8-7-15-5-4-6-16(15)13-18/h7-8,13,17H,4-6,9-12,14H2,1-3H3,(H,22,24). The minimum absolute atomic E-state index is 0.0659. The lowest BCUT2D eigenvalue weighted by atomic mass is 10.1. The summed E-state index contributed by atoms with van der Waals surface area (Å²) in [6, 6.07) is 6.70. The molecule has 27 heavy (non-hydrogen) atoms. The van der Waals surface area contributed by atoms with Crippen LogP contribution in [0, 0.1) is 0 Å². The molecule has 1 fully saturated rings. The molecular formula is C21H30N2O3S. The van der Waals surface area contributed by atoms with Crippen LogP contribution in [0.15, 0.2) is 23.1 Å². The molecule has 0 atom stereocenters. The highest BCUT2D eigenvalue weighted by Crippen LogP contribution is 2.27. The zero-order chi connectivity index (χ0) is 19.4. The summed E-state index contributed by atoms with van der Waals surface area (Å²) in [5, 5.41) is 3.11. The van der Waals surface area contributed by atoms with Crippen LogP contribution in [0.1, 0.15) is 51.2 Å². The van der Waals surface area contributed by atoms with Crippen molar-refractivity contribution in [3.8, 4) is 0 Å². The number of carbonyl (C=O) groups is 2. The van der Waals surface area contributed by atoms with E-state index < -0.39 is 5.60 Å². The van der Waals surface area contributed by atoms with Gasteiger partial charge in [0.05, 0.1) is 5.75 Å². The highest BCUT2D eigenvalue weighted by atomic mass is 32.2. The highest BCUT2D eigenvalue weighted by molar-refractivity contribution is 8.00. The van der Waals surface area contributed by atoms with Crippen LogP contribution in [0.3, 0.4) is 0 Å². The number of nitrogens with one attached hydrogen (secondary N) is 1. The fourth-order valence-electron chi connectivity index (χ4n) is 3.59. The Morgan fingerprint density at radius 1 is 1.19 bits per heavy atom. The Kier molecular flexibility index (Phi) is 6.35. The van der Waals surface area contributed by atoms with Gasteiger partial charge in [0.15, 0.2) is 0 Å². The molecule has 1 saturated heterocycles. The number of fused-ring (bicyclic) bond motifs is 1. The maximum Gasteiger partial charge on any atom is 0.410 e. The molecular weight excluding hydrogens is 360 g/mol. The van der Waals surface area contributed by atoms with Crippen LogP contribution >= 0.6 is 11.8 Å². The van der Waals surface area contributed by atoms with Crippen molar-refractivity contribution >= 4 is 23.8 Å². The fraction of sp³-hybridized carbons (Fsp3) is 0.619. The molecule has 0 radical (unpaired) electrons. The van der Waals surface area contributed by atoms with Crippen molar-refractivity contribution in [3.63, 3.8) is 0 Å². The Hall–Kier alpha value is -1.69. The Labute approximate surface area is 166 Å². The largest absolute Gasteiger partial charge is 0.444 e. The number of likely N-dealkylation sites (tertiary alicyclic amines) is 1. The van der Waals surface area contributed by atoms with E-state index in [1.54, 1.807) is 16.7 Å². The van der Waals surface area contributed by atoms with Crippen molar-refractivity contribution in [1.29, 1.82) is 0 Å². The van der Waals surface area contributed by atoms with Crippen molar-refractivity contribution in [1.82, 2.24) is 10.2 Å². The molecule has 5 nitrogen and oxygen atoms in total. The van der Waals surface area contributed by atoms with E-state index in [2.05, 4.69) is 23.5 Å². The number of amides is 2. The van der Waals surface area contributed by atoms with Gasteiger partial charge in [-0.25, -0.2) is 4.79 Å². The summed E-state index contributed by atoms with van der Waals surface area (Å²) < 4.78 is 5.41. The molecule has 0 bridgehead atoms. The number of carbonyl (C=O) groups excluding carboxylic acids is 2. The van der Waals surface area contributed by atoms with E-state index in [9.17, 15) is 9.59 Å². The van der Waals surface area contributed by atoms with Gasteiger partial charge in [0, 0.05) is 24.0 Å². The molecule has 1 aromatic carbocycles. The zero-order valence-corrected chi connectivity index (χ0v) is 17.4. The third-order valence-corrected chi connectivity index (χ3v) is 5.95. The second-order valence-corrected chi connectivity index (χ2v) is 9.43. The van der Waals surface area contributed by atoms with Gasteiger partial charge in [0.25, 0.3) is 0 Å². The van der Waals surface area contributed by atoms with Crippen molar-refractivity contribution in [2.24, 2.45) is 0 Å². The van der Waals surface area contributed by atoms with Gasteiger partial charge in [0.2, 0.25) is 5.91 Å². The Morgan fingerprint density at radius 3 is 2.59 bits per heavy atom. The van der Waals surface area contributed by atoms with Crippen LogP contribution in [0.4, 0.5) is 4.79 Å². The van der Waals surface area contributed by atoms with Crippen molar-refractivity contribution in [3.05, 3.63) is 29.3 Å². The highest BCUT2D eigenvalue weighted by Gasteiger charge is 2.27. The van der Waals surface area contributed by atoms with Gasteiger partial charge in [-0.15, -0.1) is 11.8 Å². The second-order valence-electron chi connectivity index (χ2n) is 8.38. The monoisotopic (exact) mass is 390 g/mol. The molecule has 2 aliphatic rings. The molecule has 0 aromatic heterocycles. The number of benzene rings is 1. The van der Waals surface area contributed by atoms with E-state index in [4.69, 9.17) is 4.74 Å². The summed E-state index contributed by atoms with van der Waals surface area (Å²) in [4.78, 5) is 27.3. The summed E-state index contributed by atoms with van der Waals surface area (Å²) in [6.07, 6.45) is 4.86. The van der Waals surface area contributed by atoms with E-state index in [-0.39, 0.29) is 18.0 Å². The summed E-state index contributed by atoms with van der Waals surface area (Å²) in [5.41, 5.74) is 2.42. The molecule has 3 rings (SSSR count). The first-order chi connectivity index (χ1) is 12.8. The van der Waals surface area contributed by atoms with E-state index in [0.717, 1.165) is 19.3 Å². The maximum atomic E-state index is 12.3. The van der Waals surface area contributed by atoms with Crippen LogP contribution < -0.4 is 5.32 Å². The first kappa shape index (κ1) is 20.1. The average molecular weight is 391 g/mol. The quantitative estimate of drug-likeness (QED) is 0.795. The Morgan fingerprint density at radius 2 is 1.89 bits per heavy atom. The number of thioether (sulfide) groups is 1. The molecule has 1 aliphatic heterocycles. The Bertz CT molecular complexity index is 691. The topological polar surface area (TPSA) is 58.6 Å². The molecule has 1 aromatic rings. The first-order valence-electron chi connectivity index (χ1n) is 9.82. The molecule has 1 aliphatic carbocycles. The summed E-state index contributed by atoms with van der Waals surface area (Å²) >= 11 is 1.60. The van der Waals surface area contributed by atoms with Crippen LogP contribution in [0.5, 0.6) is 0 Å². The van der Waals surface area contributed by atoms with Crippen LogP contribution in [0.2, 0.25) is 0 Å². The predicted molar refractivity (Wildman–Crippen MR) is 108 cm³/mol. The lowest BCUT2D eigenvalue weighted by molar-refractivity contribution is -0.119. The molecule has 2 amide bonds. The van der Waals surface area contributed by atoms with Gasteiger partial charge in [-0.1, -0.05) is 6.07 Å². The number of ether oxygens (including phenoxy) is 1. The van der Waals surface area contributed by atoms with Gasteiger partial charge in [-0.2, -0.15) is 0 Å². The van der Waals surface area contributed by atoms with Gasteiger partial charge in [-0.05, 0) is 76.1 Å². The summed E-state index contributed by atoms with van der Waals surface area (Å²) in [7, 11) is 0. The van der Waals surface area contributed by atoms with E-state index >= 15 is 0 Å². The van der Waals surface area contributed by atoms with Crippen molar-refractivity contribution < 1.29 is 14.3 Å². The third kappa shape index (κ3) is 5.89. The van der Waals surface area contributed by atoms with E-state index in [0.29, 0.717) is 18.8 Å². The van der Waals surface area contributed by atoms with Gasteiger partial charge >= 0.3 is 6.09 Å². The second kappa shape index (κ2) is 8.55. The number of hydrogen-bond donors (Lipinski definition) is 1. The molecule has 0 unspecified atom stereocenters. The molecule has 148 valence electrons. The number of nitrogens with zero attached hydrogens (tertiary/aromatic N) is 1. The minimum Gasteiger partial charge on any atom is -0.444 e. The lowest BCUT2D eigenvalue weighted by Crippen LogP contribution is -2.48. The lowest BCUT2D eigenvalue weighted by Gasteiger charge is -2.33. The SMILES string of the molecule is CC(C)(C)OC(=O)N1CCC(NC(=O)CSc2ccc3c(c2)CCC3)CC1. The molecule has 1 N–H and O–H groups in total. The zero-order valence-electron chi connectivity index (χ0n) is 16.5. The Balaban J connectivity index is 1.39. The summed E-state index contributed by atoms with van der Waals surface area (Å²) in [6.45, 7) is 6.86. The van der Waals surface area contributed by atoms with Gasteiger partial charge in [0.1, 0.15) is 5.60 Å². The third-order valence-electron chi connectivity index (χ3n) is 4.95. The minimum atomic E-state index is -0.475. The van der Waals surface area contributed by atoms with Crippen LogP contribution in [-0.2, 0) is 22.4 Å². The number of aryl methyl sites for hydroxylation is 2. The van der Waals surface area contributed by atoms with E-state index in [1.165, 1.54) is 28.9 Å². The molecule has 0 spiro atoms. The van der Waals surface area contributed by atoms with Crippen LogP contribution in [-0.4, -0.2) is 47.4 Å². The van der Waals surface area contributed by atoms with E-state index in [1.807, 2.05) is 20.8 Å². The first-order valence-corrected chi connectivity index (χ1v) is 10.8. The summed E-state index contributed by atoms with van der Waals surface area (Å²) in [5.74, 6) is 0.502. The van der Waals surface area contributed by atoms with Crippen LogP contribution in [0.25, 0.3) is 0 Å².